The highest BCUT2D eigenvalue weighted by Gasteiger charge is 2.31. The van der Waals surface area contributed by atoms with E-state index in [0.29, 0.717) is 5.65 Å². The van der Waals surface area contributed by atoms with Gasteiger partial charge in [0.2, 0.25) is 10.0 Å². The van der Waals surface area contributed by atoms with Crippen LogP contribution in [0.1, 0.15) is 12.6 Å². The van der Waals surface area contributed by atoms with E-state index < -0.39 is 10.0 Å². The molecule has 1 aliphatic heterocycles. The van der Waals surface area contributed by atoms with Gasteiger partial charge in [0.1, 0.15) is 4.90 Å². The average molecular weight is 323 g/mol. The number of nitrogens with zero attached hydrogens (tertiary/aromatic N) is 4. The number of hydrogen-bond acceptors (Lipinski definition) is 5. The number of pyridine rings is 1. The van der Waals surface area contributed by atoms with Crippen molar-refractivity contribution < 1.29 is 8.42 Å². The molecule has 1 fully saturated rings. The molecule has 0 amide bonds. The van der Waals surface area contributed by atoms with Gasteiger partial charge in [-0.3, -0.25) is 4.68 Å². The molecule has 0 saturated carbocycles. The van der Waals surface area contributed by atoms with Crippen molar-refractivity contribution in [3.8, 4) is 0 Å². The molecule has 2 atom stereocenters. The van der Waals surface area contributed by atoms with E-state index in [4.69, 9.17) is 0 Å². The zero-order valence-electron chi connectivity index (χ0n) is 13.2. The quantitative estimate of drug-likeness (QED) is 0.890. The summed E-state index contributed by atoms with van der Waals surface area (Å²) in [5.41, 5.74) is 1.46. The van der Waals surface area contributed by atoms with Crippen LogP contribution in [0.3, 0.4) is 0 Å². The third-order valence-corrected chi connectivity index (χ3v) is 5.71. The first-order chi connectivity index (χ1) is 10.3. The maximum Gasteiger partial charge on any atom is 0.242 e. The molecule has 0 aliphatic carbocycles. The monoisotopic (exact) mass is 323 g/mol. The van der Waals surface area contributed by atoms with Gasteiger partial charge in [0.05, 0.1) is 5.69 Å². The summed E-state index contributed by atoms with van der Waals surface area (Å²) >= 11 is 0. The summed E-state index contributed by atoms with van der Waals surface area (Å²) in [4.78, 5) is 6.57. The normalized spacial score (nSPS) is 23.5. The van der Waals surface area contributed by atoms with Crippen LogP contribution in [0, 0.1) is 12.8 Å². The van der Waals surface area contributed by atoms with E-state index in [2.05, 4.69) is 26.6 Å². The van der Waals surface area contributed by atoms with Gasteiger partial charge in [0.25, 0.3) is 0 Å². The van der Waals surface area contributed by atoms with Gasteiger partial charge in [0.15, 0.2) is 5.65 Å². The number of fused-ring (bicyclic) bond motifs is 1. The molecule has 7 nitrogen and oxygen atoms in total. The van der Waals surface area contributed by atoms with Gasteiger partial charge in [0, 0.05) is 37.8 Å². The lowest BCUT2D eigenvalue weighted by Gasteiger charge is -2.16. The number of sulfonamides is 1. The number of aromatic nitrogens is 3. The average Bonchev–Trinajstić information content (AvgIpc) is 2.89. The maximum absolute atomic E-state index is 12.6. The molecule has 0 unspecified atom stereocenters. The van der Waals surface area contributed by atoms with E-state index in [1.807, 2.05) is 14.0 Å². The molecule has 8 heteroatoms. The van der Waals surface area contributed by atoms with Gasteiger partial charge in [-0.15, -0.1) is 0 Å². The zero-order valence-corrected chi connectivity index (χ0v) is 14.1. The fourth-order valence-corrected chi connectivity index (χ4v) is 4.37. The molecule has 0 bridgehead atoms. The van der Waals surface area contributed by atoms with Gasteiger partial charge in [-0.2, -0.15) is 5.10 Å². The smallest absolute Gasteiger partial charge is 0.242 e. The van der Waals surface area contributed by atoms with Crippen LogP contribution in [0.2, 0.25) is 0 Å². The summed E-state index contributed by atoms with van der Waals surface area (Å²) in [6.07, 6.45) is 1.40. The first-order valence-corrected chi connectivity index (χ1v) is 8.76. The second kappa shape index (κ2) is 5.29. The van der Waals surface area contributed by atoms with Crippen molar-refractivity contribution in [1.82, 2.24) is 24.4 Å². The first-order valence-electron chi connectivity index (χ1n) is 7.28. The van der Waals surface area contributed by atoms with Crippen LogP contribution < -0.4 is 4.72 Å². The van der Waals surface area contributed by atoms with Crippen LogP contribution >= 0.6 is 0 Å². The molecular weight excluding hydrogens is 302 g/mol. The molecule has 1 N–H and O–H groups in total. The molecule has 1 aliphatic rings. The number of aryl methyl sites for hydroxylation is 2. The summed E-state index contributed by atoms with van der Waals surface area (Å²) in [5, 5.41) is 5.04. The van der Waals surface area contributed by atoms with Gasteiger partial charge in [-0.25, -0.2) is 18.1 Å². The van der Waals surface area contributed by atoms with Crippen LogP contribution in [0.4, 0.5) is 0 Å². The highest BCUT2D eigenvalue weighted by Crippen LogP contribution is 2.21. The minimum atomic E-state index is -3.58. The third kappa shape index (κ3) is 2.62. The first kappa shape index (κ1) is 15.4. The fraction of sp³-hybridized carbons (Fsp3) is 0.571. The number of likely N-dealkylation sites (tertiary alicyclic amines) is 1. The van der Waals surface area contributed by atoms with Gasteiger partial charge in [-0.1, -0.05) is 6.92 Å². The molecule has 3 rings (SSSR count). The predicted molar refractivity (Wildman–Crippen MR) is 84.0 cm³/mol. The summed E-state index contributed by atoms with van der Waals surface area (Å²) in [7, 11) is 0.219. The Balaban J connectivity index is 1.93. The number of hydrogen-bond donors (Lipinski definition) is 1. The Kier molecular flexibility index (Phi) is 3.70. The lowest BCUT2D eigenvalue weighted by molar-refractivity contribution is 0.400. The molecule has 0 aromatic carbocycles. The van der Waals surface area contributed by atoms with Crippen LogP contribution in [-0.4, -0.2) is 54.3 Å². The van der Waals surface area contributed by atoms with Crippen molar-refractivity contribution in [2.24, 2.45) is 13.0 Å². The maximum atomic E-state index is 12.6. The highest BCUT2D eigenvalue weighted by atomic mass is 32.2. The summed E-state index contributed by atoms with van der Waals surface area (Å²) in [6, 6.07) is 1.58. The molecule has 120 valence electrons. The predicted octanol–water partition coefficient (Wildman–Crippen LogP) is 0.505. The van der Waals surface area contributed by atoms with E-state index in [9.17, 15) is 8.42 Å². The van der Waals surface area contributed by atoms with Crippen LogP contribution in [-0.2, 0) is 17.1 Å². The Morgan fingerprint density at radius 3 is 2.68 bits per heavy atom. The second-order valence-corrected chi connectivity index (χ2v) is 7.89. The molecule has 3 heterocycles. The van der Waals surface area contributed by atoms with E-state index >= 15 is 0 Å². The number of nitrogens with one attached hydrogen (secondary N) is 1. The molecule has 2 aromatic rings. The van der Waals surface area contributed by atoms with Crippen LogP contribution in [0.15, 0.2) is 17.2 Å². The van der Waals surface area contributed by atoms with Crippen molar-refractivity contribution in [3.63, 3.8) is 0 Å². The fourth-order valence-electron chi connectivity index (χ4n) is 3.07. The second-order valence-electron chi connectivity index (χ2n) is 6.18. The highest BCUT2D eigenvalue weighted by molar-refractivity contribution is 7.89. The Morgan fingerprint density at radius 1 is 1.32 bits per heavy atom. The van der Waals surface area contributed by atoms with Crippen molar-refractivity contribution in [2.45, 2.75) is 24.8 Å². The van der Waals surface area contributed by atoms with Crippen LogP contribution in [0.5, 0.6) is 0 Å². The lowest BCUT2D eigenvalue weighted by Crippen LogP contribution is -2.39. The van der Waals surface area contributed by atoms with Crippen molar-refractivity contribution >= 4 is 21.1 Å². The summed E-state index contributed by atoms with van der Waals surface area (Å²) in [5.74, 6) is 0.289. The van der Waals surface area contributed by atoms with Gasteiger partial charge < -0.3 is 4.90 Å². The minimum absolute atomic E-state index is 0.0688. The van der Waals surface area contributed by atoms with Gasteiger partial charge >= 0.3 is 0 Å². The standard InChI is InChI=1S/C14H21N5O2S/c1-9-7-18(3)8-13(9)17-22(20,21)11-5-12-10(2)16-19(4)14(12)15-6-11/h5-6,9,13,17H,7-8H2,1-4H3/t9-,13-/m0/s1. The molecule has 0 radical (unpaired) electrons. The lowest BCUT2D eigenvalue weighted by atomic mass is 10.1. The molecule has 1 saturated heterocycles. The largest absolute Gasteiger partial charge is 0.304 e. The topological polar surface area (TPSA) is 80.1 Å². The third-order valence-electron chi connectivity index (χ3n) is 4.25. The Hall–Kier alpha value is -1.51. The number of rotatable bonds is 3. The van der Waals surface area contributed by atoms with E-state index in [0.717, 1.165) is 24.2 Å². The Morgan fingerprint density at radius 2 is 2.05 bits per heavy atom. The van der Waals surface area contributed by atoms with Gasteiger partial charge in [-0.05, 0) is 26.0 Å². The van der Waals surface area contributed by atoms with E-state index in [1.165, 1.54) is 6.20 Å². The van der Waals surface area contributed by atoms with Crippen LogP contribution in [0.25, 0.3) is 11.0 Å². The van der Waals surface area contributed by atoms with E-state index in [1.54, 1.807) is 17.8 Å². The molecule has 22 heavy (non-hydrogen) atoms. The molecule has 0 spiro atoms. The summed E-state index contributed by atoms with van der Waals surface area (Å²) < 4.78 is 29.7. The number of likely N-dealkylation sites (N-methyl/N-ethyl adjacent to an activating group) is 1. The van der Waals surface area contributed by atoms with Crippen molar-refractivity contribution in [1.29, 1.82) is 0 Å². The Labute approximate surface area is 130 Å². The molecule has 2 aromatic heterocycles. The summed E-state index contributed by atoms with van der Waals surface area (Å²) in [6.45, 7) is 5.53. The minimum Gasteiger partial charge on any atom is -0.304 e. The Bertz CT molecular complexity index is 814. The van der Waals surface area contributed by atoms with E-state index in [-0.39, 0.29) is 16.9 Å². The zero-order chi connectivity index (χ0) is 16.1. The SMILES string of the molecule is Cc1nn(C)c2ncc(S(=O)(=O)N[C@H]3CN(C)C[C@@H]3C)cc12. The van der Waals surface area contributed by atoms with Crippen molar-refractivity contribution in [2.75, 3.05) is 20.1 Å². The van der Waals surface area contributed by atoms with Crippen molar-refractivity contribution in [3.05, 3.63) is 18.0 Å². The molecular formula is C14H21N5O2S.